The Morgan fingerprint density at radius 3 is 2.55 bits per heavy atom. The number of nitrogens with one attached hydrogen (secondary N) is 2. The number of hydrogen-bond donors (Lipinski definition) is 2. The third-order valence-corrected chi connectivity index (χ3v) is 3.17. The first-order valence-corrected chi connectivity index (χ1v) is 6.59. The number of halogens is 3. The highest BCUT2D eigenvalue weighted by Crippen LogP contribution is 2.22. The van der Waals surface area contributed by atoms with Gasteiger partial charge >= 0.3 is 0 Å². The third-order valence-electron chi connectivity index (χ3n) is 2.52. The lowest BCUT2D eigenvalue weighted by atomic mass is 10.3. The molecule has 2 aromatic carbocycles. The smallest absolute Gasteiger partial charge is 0.243 e. The number of carbonyl (C=O) groups is 1. The zero-order valence-electron chi connectivity index (χ0n) is 10.3. The molecule has 0 aliphatic carbocycles. The van der Waals surface area contributed by atoms with Crippen LogP contribution < -0.4 is 10.6 Å². The molecule has 2 N–H and O–H groups in total. The molecule has 2 aromatic rings. The van der Waals surface area contributed by atoms with Crippen LogP contribution in [0.4, 0.5) is 20.2 Å². The molecule has 20 heavy (non-hydrogen) atoms. The Morgan fingerprint density at radius 1 is 1.10 bits per heavy atom. The van der Waals surface area contributed by atoms with Crippen LogP contribution in [0.25, 0.3) is 0 Å². The van der Waals surface area contributed by atoms with Crippen LogP contribution in [-0.2, 0) is 4.79 Å². The Balaban J connectivity index is 1.94. The molecule has 0 aromatic heterocycles. The minimum Gasteiger partial charge on any atom is -0.375 e. The highest BCUT2D eigenvalue weighted by Gasteiger charge is 2.07. The highest BCUT2D eigenvalue weighted by molar-refractivity contribution is 9.10. The molecule has 0 unspecified atom stereocenters. The summed E-state index contributed by atoms with van der Waals surface area (Å²) in [6.45, 7) is -0.0570. The second-order valence-corrected chi connectivity index (χ2v) is 4.86. The van der Waals surface area contributed by atoms with Gasteiger partial charge in [-0.05, 0) is 46.3 Å². The Morgan fingerprint density at radius 2 is 1.85 bits per heavy atom. The van der Waals surface area contributed by atoms with Crippen molar-refractivity contribution in [1.29, 1.82) is 0 Å². The van der Waals surface area contributed by atoms with Crippen LogP contribution in [0.1, 0.15) is 0 Å². The fourth-order valence-electron chi connectivity index (χ4n) is 1.57. The maximum atomic E-state index is 13.3. The van der Waals surface area contributed by atoms with Gasteiger partial charge in [-0.2, -0.15) is 0 Å². The number of amides is 1. The maximum absolute atomic E-state index is 13.3. The predicted octanol–water partition coefficient (Wildman–Crippen LogP) is 3.78. The van der Waals surface area contributed by atoms with Crippen LogP contribution in [-0.4, -0.2) is 12.5 Å². The van der Waals surface area contributed by atoms with Gasteiger partial charge in [0, 0.05) is 10.2 Å². The molecule has 1 amide bonds. The molecule has 6 heteroatoms. The molecule has 0 heterocycles. The first-order chi connectivity index (χ1) is 9.56. The Labute approximate surface area is 123 Å². The average Bonchev–Trinajstić information content (AvgIpc) is 2.40. The number of benzene rings is 2. The molecule has 0 bridgehead atoms. The van der Waals surface area contributed by atoms with Gasteiger partial charge in [-0.25, -0.2) is 8.78 Å². The molecule has 0 saturated carbocycles. The number of hydrogen-bond acceptors (Lipinski definition) is 2. The summed E-state index contributed by atoms with van der Waals surface area (Å²) in [6, 6.07) is 9.98. The topological polar surface area (TPSA) is 41.1 Å². The van der Waals surface area contributed by atoms with Crippen molar-refractivity contribution in [2.75, 3.05) is 17.2 Å². The minimum absolute atomic E-state index is 0.0570. The molecule has 0 aliphatic rings. The van der Waals surface area contributed by atoms with E-state index in [1.807, 2.05) is 0 Å². The van der Waals surface area contributed by atoms with Gasteiger partial charge in [0.15, 0.2) is 0 Å². The van der Waals surface area contributed by atoms with Crippen molar-refractivity contribution in [3.05, 3.63) is 58.6 Å². The van der Waals surface area contributed by atoms with Gasteiger partial charge in [-0.1, -0.05) is 12.1 Å². The van der Waals surface area contributed by atoms with Crippen LogP contribution in [0.3, 0.4) is 0 Å². The first-order valence-electron chi connectivity index (χ1n) is 5.79. The summed E-state index contributed by atoms with van der Waals surface area (Å²) in [5.74, 6) is -1.27. The monoisotopic (exact) mass is 340 g/mol. The molecular formula is C14H11BrF2N2O. The Kier molecular flexibility index (Phi) is 4.68. The van der Waals surface area contributed by atoms with Crippen molar-refractivity contribution in [1.82, 2.24) is 0 Å². The van der Waals surface area contributed by atoms with Crippen LogP contribution in [0.15, 0.2) is 46.9 Å². The lowest BCUT2D eigenvalue weighted by molar-refractivity contribution is -0.114. The Hall–Kier alpha value is -1.95. The summed E-state index contributed by atoms with van der Waals surface area (Å²) in [5, 5.41) is 5.28. The van der Waals surface area contributed by atoms with Crippen molar-refractivity contribution in [3.63, 3.8) is 0 Å². The summed E-state index contributed by atoms with van der Waals surface area (Å²) in [5.41, 5.74) is 0.701. The fraction of sp³-hybridized carbons (Fsp3) is 0.0714. The van der Waals surface area contributed by atoms with E-state index in [9.17, 15) is 13.6 Å². The van der Waals surface area contributed by atoms with E-state index in [0.29, 0.717) is 10.2 Å². The average molecular weight is 341 g/mol. The summed E-state index contributed by atoms with van der Waals surface area (Å²) in [4.78, 5) is 11.7. The molecule has 0 saturated heterocycles. The molecule has 3 nitrogen and oxygen atoms in total. The van der Waals surface area contributed by atoms with Crippen LogP contribution in [0, 0.1) is 11.6 Å². The summed E-state index contributed by atoms with van der Waals surface area (Å²) < 4.78 is 26.7. The van der Waals surface area contributed by atoms with Gasteiger partial charge in [-0.3, -0.25) is 4.79 Å². The van der Waals surface area contributed by atoms with Gasteiger partial charge in [0.1, 0.15) is 11.6 Å². The van der Waals surface area contributed by atoms with E-state index in [0.717, 1.165) is 0 Å². The van der Waals surface area contributed by atoms with Gasteiger partial charge < -0.3 is 10.6 Å². The van der Waals surface area contributed by atoms with Gasteiger partial charge in [0.25, 0.3) is 0 Å². The first kappa shape index (κ1) is 14.5. The predicted molar refractivity (Wildman–Crippen MR) is 77.6 cm³/mol. The molecule has 0 fully saturated rings. The SMILES string of the molecule is O=C(CNc1ccc(F)cc1Br)Nc1ccccc1F. The number of anilines is 2. The molecule has 2 rings (SSSR count). The van der Waals surface area contributed by atoms with E-state index in [1.54, 1.807) is 12.1 Å². The molecule has 0 aliphatic heterocycles. The summed E-state index contributed by atoms with van der Waals surface area (Å²) in [6.07, 6.45) is 0. The van der Waals surface area contributed by atoms with Crippen molar-refractivity contribution in [2.45, 2.75) is 0 Å². The molecule has 0 radical (unpaired) electrons. The van der Waals surface area contributed by atoms with Gasteiger partial charge in [-0.15, -0.1) is 0 Å². The van der Waals surface area contributed by atoms with Crippen LogP contribution in [0.5, 0.6) is 0 Å². The van der Waals surface area contributed by atoms with E-state index in [1.165, 1.54) is 30.3 Å². The number of rotatable bonds is 4. The van der Waals surface area contributed by atoms with E-state index < -0.39 is 11.7 Å². The van der Waals surface area contributed by atoms with E-state index in [4.69, 9.17) is 0 Å². The molecule has 0 spiro atoms. The largest absolute Gasteiger partial charge is 0.375 e. The van der Waals surface area contributed by atoms with Crippen LogP contribution >= 0.6 is 15.9 Å². The number of para-hydroxylation sites is 1. The normalized spacial score (nSPS) is 10.2. The van der Waals surface area contributed by atoms with E-state index in [-0.39, 0.29) is 18.0 Å². The standard InChI is InChI=1S/C14H11BrF2N2O/c15-10-7-9(16)5-6-12(10)18-8-14(20)19-13-4-2-1-3-11(13)17/h1-7,18H,8H2,(H,19,20). The maximum Gasteiger partial charge on any atom is 0.243 e. The van der Waals surface area contributed by atoms with E-state index >= 15 is 0 Å². The summed E-state index contributed by atoms with van der Waals surface area (Å²) in [7, 11) is 0. The van der Waals surface area contributed by atoms with Crippen LogP contribution in [0.2, 0.25) is 0 Å². The van der Waals surface area contributed by atoms with Gasteiger partial charge in [0.2, 0.25) is 5.91 Å². The Bertz CT molecular complexity index is 634. The zero-order chi connectivity index (χ0) is 14.5. The minimum atomic E-state index is -0.496. The van der Waals surface area contributed by atoms with E-state index in [2.05, 4.69) is 26.6 Å². The fourth-order valence-corrected chi connectivity index (χ4v) is 2.06. The summed E-state index contributed by atoms with van der Waals surface area (Å²) >= 11 is 3.18. The second-order valence-electron chi connectivity index (χ2n) is 4.01. The highest BCUT2D eigenvalue weighted by atomic mass is 79.9. The number of carbonyl (C=O) groups excluding carboxylic acids is 1. The lowest BCUT2D eigenvalue weighted by Crippen LogP contribution is -2.22. The van der Waals surface area contributed by atoms with Crippen molar-refractivity contribution < 1.29 is 13.6 Å². The molecule has 0 atom stereocenters. The lowest BCUT2D eigenvalue weighted by Gasteiger charge is -2.09. The van der Waals surface area contributed by atoms with Gasteiger partial charge in [0.05, 0.1) is 12.2 Å². The molecular weight excluding hydrogens is 330 g/mol. The zero-order valence-corrected chi connectivity index (χ0v) is 11.9. The molecule has 104 valence electrons. The van der Waals surface area contributed by atoms with Crippen molar-refractivity contribution in [2.24, 2.45) is 0 Å². The van der Waals surface area contributed by atoms with Crippen molar-refractivity contribution in [3.8, 4) is 0 Å². The second kappa shape index (κ2) is 6.47. The van der Waals surface area contributed by atoms with Crippen molar-refractivity contribution >= 4 is 33.2 Å². The third kappa shape index (κ3) is 3.77. The quantitative estimate of drug-likeness (QED) is 0.889.